The highest BCUT2D eigenvalue weighted by Crippen LogP contribution is 2.19. The summed E-state index contributed by atoms with van der Waals surface area (Å²) in [6.07, 6.45) is 7.90. The van der Waals surface area contributed by atoms with Crippen molar-refractivity contribution in [2.75, 3.05) is 20.3 Å². The van der Waals surface area contributed by atoms with E-state index in [0.29, 0.717) is 25.2 Å². The predicted molar refractivity (Wildman–Crippen MR) is 112 cm³/mol. The number of aromatic nitrogens is 3. The molecule has 0 aliphatic heterocycles. The molecule has 2 heterocycles. The minimum atomic E-state index is -0.253. The van der Waals surface area contributed by atoms with Gasteiger partial charge < -0.3 is 14.6 Å². The number of allylic oxidation sites excluding steroid dienone is 1. The number of carbonyl (C=O) groups excluding carboxylic acids is 1. The Morgan fingerprint density at radius 3 is 2.79 bits per heavy atom. The molecule has 0 radical (unpaired) electrons. The van der Waals surface area contributed by atoms with Gasteiger partial charge in [0.05, 0.1) is 17.6 Å². The molecule has 0 fully saturated rings. The van der Waals surface area contributed by atoms with Crippen LogP contribution in [0.4, 0.5) is 0 Å². The third-order valence-electron chi connectivity index (χ3n) is 5.44. The van der Waals surface area contributed by atoms with Crippen LogP contribution >= 0.6 is 0 Å². The lowest BCUT2D eigenvalue weighted by Crippen LogP contribution is -2.25. The van der Waals surface area contributed by atoms with Crippen LogP contribution in [0.25, 0.3) is 16.6 Å². The lowest BCUT2D eigenvalue weighted by molar-refractivity contribution is 0.0949. The van der Waals surface area contributed by atoms with Crippen LogP contribution in [0.5, 0.6) is 0 Å². The van der Waals surface area contributed by atoms with Crippen LogP contribution in [0, 0.1) is 0 Å². The highest BCUT2D eigenvalue weighted by atomic mass is 16.5. The van der Waals surface area contributed by atoms with E-state index in [4.69, 9.17) is 4.74 Å². The molecule has 1 aliphatic carbocycles. The second-order valence-corrected chi connectivity index (χ2v) is 7.38. The first-order chi connectivity index (χ1) is 14.2. The predicted octanol–water partition coefficient (Wildman–Crippen LogP) is 2.92. The Morgan fingerprint density at radius 1 is 1.21 bits per heavy atom. The maximum absolute atomic E-state index is 13.0. The van der Waals surface area contributed by atoms with Crippen LogP contribution in [-0.4, -0.2) is 40.3 Å². The van der Waals surface area contributed by atoms with Gasteiger partial charge in [0.2, 0.25) is 0 Å². The van der Waals surface area contributed by atoms with E-state index in [1.54, 1.807) is 22.3 Å². The van der Waals surface area contributed by atoms with Crippen molar-refractivity contribution in [1.29, 1.82) is 0 Å². The standard InChI is InChI=1S/C22H26N4O3/c1-29-14-13-25-18-9-5-6-10-19(18)26-20(22(25)28)15-17(24-26)21(27)23-12-11-16-7-3-2-4-8-16/h5-7,9-10,15H,2-4,8,11-14H2,1H3,(H,23,27). The van der Waals surface area contributed by atoms with Crippen LogP contribution < -0.4 is 10.9 Å². The second kappa shape index (κ2) is 8.61. The molecule has 0 spiro atoms. The summed E-state index contributed by atoms with van der Waals surface area (Å²) in [6.45, 7) is 1.45. The molecule has 0 unspecified atom stereocenters. The summed E-state index contributed by atoms with van der Waals surface area (Å²) in [6, 6.07) is 9.13. The molecule has 152 valence electrons. The molecular weight excluding hydrogens is 368 g/mol. The van der Waals surface area contributed by atoms with Crippen molar-refractivity contribution in [3.8, 4) is 0 Å². The maximum Gasteiger partial charge on any atom is 0.277 e. The molecule has 2 aromatic heterocycles. The summed E-state index contributed by atoms with van der Waals surface area (Å²) in [5.41, 5.74) is 3.43. The highest BCUT2D eigenvalue weighted by molar-refractivity contribution is 5.94. The van der Waals surface area contributed by atoms with Crippen LogP contribution in [-0.2, 0) is 11.3 Å². The molecule has 1 aromatic carbocycles. The lowest BCUT2D eigenvalue weighted by atomic mass is 9.97. The smallest absolute Gasteiger partial charge is 0.277 e. The van der Waals surface area contributed by atoms with Gasteiger partial charge in [-0.25, -0.2) is 4.52 Å². The molecule has 29 heavy (non-hydrogen) atoms. The van der Waals surface area contributed by atoms with E-state index in [1.807, 2.05) is 24.3 Å². The van der Waals surface area contributed by atoms with Gasteiger partial charge in [0.15, 0.2) is 5.69 Å². The summed E-state index contributed by atoms with van der Waals surface area (Å²) in [5.74, 6) is -0.253. The maximum atomic E-state index is 13.0. The highest BCUT2D eigenvalue weighted by Gasteiger charge is 2.17. The Labute approximate surface area is 169 Å². The van der Waals surface area contributed by atoms with Gasteiger partial charge in [-0.15, -0.1) is 0 Å². The zero-order valence-electron chi connectivity index (χ0n) is 16.7. The Balaban J connectivity index is 1.62. The number of hydrogen-bond acceptors (Lipinski definition) is 4. The number of amides is 1. The number of benzene rings is 1. The Kier molecular flexibility index (Phi) is 5.76. The van der Waals surface area contributed by atoms with E-state index in [0.717, 1.165) is 30.3 Å². The normalized spacial score (nSPS) is 14.3. The first-order valence-corrected chi connectivity index (χ1v) is 10.2. The SMILES string of the molecule is COCCn1c(=O)c2cc(C(=O)NCCC3=CCCCC3)nn2c2ccccc21. The van der Waals surface area contributed by atoms with Crippen LogP contribution in [0.1, 0.15) is 42.6 Å². The first kappa shape index (κ1) is 19.4. The third-order valence-corrected chi connectivity index (χ3v) is 5.44. The molecule has 4 rings (SSSR count). The minimum absolute atomic E-state index is 0.181. The monoisotopic (exact) mass is 394 g/mol. The van der Waals surface area contributed by atoms with Crippen LogP contribution in [0.2, 0.25) is 0 Å². The summed E-state index contributed by atoms with van der Waals surface area (Å²) >= 11 is 0. The minimum Gasteiger partial charge on any atom is -0.383 e. The van der Waals surface area contributed by atoms with Gasteiger partial charge in [-0.05, 0) is 44.2 Å². The number of methoxy groups -OCH3 is 1. The molecule has 7 nitrogen and oxygen atoms in total. The fraction of sp³-hybridized carbons (Fsp3) is 0.409. The molecule has 1 amide bonds. The molecule has 1 aliphatic rings. The molecule has 0 saturated heterocycles. The quantitative estimate of drug-likeness (QED) is 0.625. The number of para-hydroxylation sites is 2. The molecule has 1 N–H and O–H groups in total. The number of carbonyl (C=O) groups is 1. The van der Waals surface area contributed by atoms with Crippen LogP contribution in [0.15, 0.2) is 46.8 Å². The molecule has 0 atom stereocenters. The number of hydrogen-bond donors (Lipinski definition) is 1. The summed E-state index contributed by atoms with van der Waals surface area (Å²) < 4.78 is 8.39. The topological polar surface area (TPSA) is 77.6 Å². The lowest BCUT2D eigenvalue weighted by Gasteiger charge is -2.12. The van der Waals surface area contributed by atoms with E-state index in [9.17, 15) is 9.59 Å². The number of fused-ring (bicyclic) bond motifs is 3. The van der Waals surface area contributed by atoms with E-state index in [1.165, 1.54) is 18.4 Å². The van der Waals surface area contributed by atoms with Gasteiger partial charge in [-0.1, -0.05) is 23.8 Å². The third kappa shape index (κ3) is 3.96. The number of nitrogens with zero attached hydrogens (tertiary/aromatic N) is 3. The summed E-state index contributed by atoms with van der Waals surface area (Å²) in [4.78, 5) is 25.6. The van der Waals surface area contributed by atoms with Gasteiger partial charge in [0.25, 0.3) is 11.5 Å². The molecule has 7 heteroatoms. The van der Waals surface area contributed by atoms with Crippen LogP contribution in [0.3, 0.4) is 0 Å². The second-order valence-electron chi connectivity index (χ2n) is 7.38. The zero-order chi connectivity index (χ0) is 20.2. The molecular formula is C22H26N4O3. The Morgan fingerprint density at radius 2 is 2.03 bits per heavy atom. The number of rotatable bonds is 7. The van der Waals surface area contributed by atoms with Crippen molar-refractivity contribution in [3.63, 3.8) is 0 Å². The Hall–Kier alpha value is -2.93. The fourth-order valence-corrected chi connectivity index (χ4v) is 3.91. The van der Waals surface area contributed by atoms with E-state index >= 15 is 0 Å². The van der Waals surface area contributed by atoms with Gasteiger partial charge in [0.1, 0.15) is 5.52 Å². The number of ether oxygens (including phenoxy) is 1. The first-order valence-electron chi connectivity index (χ1n) is 10.2. The molecule has 0 saturated carbocycles. The van der Waals surface area contributed by atoms with Gasteiger partial charge in [-0.2, -0.15) is 5.10 Å². The number of nitrogens with one attached hydrogen (secondary N) is 1. The summed E-state index contributed by atoms with van der Waals surface area (Å²) in [5, 5.41) is 7.37. The fourth-order valence-electron chi connectivity index (χ4n) is 3.91. The van der Waals surface area contributed by atoms with Crippen molar-refractivity contribution >= 4 is 22.5 Å². The largest absolute Gasteiger partial charge is 0.383 e. The Bertz CT molecular complexity index is 1130. The van der Waals surface area contributed by atoms with Gasteiger partial charge in [0, 0.05) is 26.3 Å². The summed E-state index contributed by atoms with van der Waals surface area (Å²) in [7, 11) is 1.61. The average Bonchev–Trinajstić information content (AvgIpc) is 3.21. The molecule has 3 aromatic rings. The van der Waals surface area contributed by atoms with Crippen molar-refractivity contribution < 1.29 is 9.53 Å². The zero-order valence-corrected chi connectivity index (χ0v) is 16.7. The average molecular weight is 394 g/mol. The van der Waals surface area contributed by atoms with E-state index < -0.39 is 0 Å². The van der Waals surface area contributed by atoms with E-state index in [-0.39, 0.29) is 17.2 Å². The van der Waals surface area contributed by atoms with Crippen molar-refractivity contribution in [1.82, 2.24) is 19.5 Å². The van der Waals surface area contributed by atoms with Gasteiger partial charge in [-0.3, -0.25) is 9.59 Å². The molecule has 0 bridgehead atoms. The van der Waals surface area contributed by atoms with Crippen molar-refractivity contribution in [2.45, 2.75) is 38.6 Å². The van der Waals surface area contributed by atoms with Gasteiger partial charge >= 0.3 is 0 Å². The van der Waals surface area contributed by atoms with E-state index in [2.05, 4.69) is 16.5 Å². The van der Waals surface area contributed by atoms with Crippen molar-refractivity contribution in [3.05, 3.63) is 58.0 Å². The van der Waals surface area contributed by atoms with Crippen molar-refractivity contribution in [2.24, 2.45) is 0 Å².